The van der Waals surface area contributed by atoms with Crippen LogP contribution in [0.3, 0.4) is 0 Å². The highest BCUT2D eigenvalue weighted by Crippen LogP contribution is 2.31. The van der Waals surface area contributed by atoms with Crippen molar-refractivity contribution in [2.24, 2.45) is 0 Å². The summed E-state index contributed by atoms with van der Waals surface area (Å²) in [5, 5.41) is 13.4. The fourth-order valence-electron chi connectivity index (χ4n) is 6.42. The second-order valence-electron chi connectivity index (χ2n) is 12.0. The molecule has 0 radical (unpaired) electrons. The summed E-state index contributed by atoms with van der Waals surface area (Å²) in [6, 6.07) is 3.64. The number of ether oxygens (including phenoxy) is 1. The standard InChI is InChI=1S/C31H34F2N10O4/c32-28(33)27-24(36-31(46)23-16-35-42-8-5-25(37-29(23)42)41-9-11-47-12-10-41)18-43(39-27)21-3-6-40(7-4-21)17-19-13-20(15-34-14-19)22-1-2-26(44)38-30(22)45/h5,8,13-16,18,21-22,28H,1-4,6-7,9-12,17H2,(H,36,46)(H,38,44,45). The predicted molar refractivity (Wildman–Crippen MR) is 164 cm³/mol. The number of nitrogens with one attached hydrogen (secondary N) is 2. The number of pyridine rings is 1. The Bertz CT molecular complexity index is 1800. The van der Waals surface area contributed by atoms with Gasteiger partial charge >= 0.3 is 0 Å². The van der Waals surface area contributed by atoms with Crippen LogP contribution in [-0.4, -0.2) is 91.4 Å². The molecule has 3 saturated heterocycles. The zero-order valence-electron chi connectivity index (χ0n) is 25.5. The molecule has 1 atom stereocenters. The third-order valence-corrected chi connectivity index (χ3v) is 8.94. The Morgan fingerprint density at radius 2 is 1.89 bits per heavy atom. The summed E-state index contributed by atoms with van der Waals surface area (Å²) in [5.74, 6) is -0.876. The topological polar surface area (TPSA) is 152 Å². The van der Waals surface area contributed by atoms with E-state index in [0.29, 0.717) is 83.1 Å². The summed E-state index contributed by atoms with van der Waals surface area (Å²) < 4.78 is 36.6. The van der Waals surface area contributed by atoms with Gasteiger partial charge in [-0.2, -0.15) is 10.2 Å². The first-order valence-electron chi connectivity index (χ1n) is 15.7. The Balaban J connectivity index is 1.00. The first kappa shape index (κ1) is 30.8. The van der Waals surface area contributed by atoms with Crippen LogP contribution in [0.15, 0.2) is 43.1 Å². The summed E-state index contributed by atoms with van der Waals surface area (Å²) in [4.78, 5) is 50.5. The zero-order valence-corrected chi connectivity index (χ0v) is 25.5. The number of fused-ring (bicyclic) bond motifs is 1. The molecular weight excluding hydrogens is 614 g/mol. The van der Waals surface area contributed by atoms with Gasteiger partial charge in [-0.05, 0) is 36.5 Å². The summed E-state index contributed by atoms with van der Waals surface area (Å²) in [7, 11) is 0. The summed E-state index contributed by atoms with van der Waals surface area (Å²) in [6.07, 6.45) is 7.20. The molecular formula is C31H34F2N10O4. The normalized spacial score (nSPS) is 19.8. The van der Waals surface area contributed by atoms with E-state index in [9.17, 15) is 23.2 Å². The van der Waals surface area contributed by atoms with E-state index in [1.54, 1.807) is 18.6 Å². The summed E-state index contributed by atoms with van der Waals surface area (Å²) in [5.41, 5.74) is 1.68. The van der Waals surface area contributed by atoms with E-state index in [1.165, 1.54) is 21.6 Å². The van der Waals surface area contributed by atoms with E-state index in [1.807, 2.05) is 12.1 Å². The number of hydrogen-bond acceptors (Lipinski definition) is 10. The van der Waals surface area contributed by atoms with Crippen LogP contribution in [0.25, 0.3) is 5.65 Å². The molecule has 4 aromatic rings. The molecule has 0 bridgehead atoms. The van der Waals surface area contributed by atoms with E-state index < -0.39 is 23.9 Å². The third kappa shape index (κ3) is 6.55. The lowest BCUT2D eigenvalue weighted by atomic mass is 9.91. The minimum atomic E-state index is -2.88. The zero-order chi connectivity index (χ0) is 32.5. The molecule has 7 heterocycles. The quantitative estimate of drug-likeness (QED) is 0.273. The molecule has 3 fully saturated rings. The number of likely N-dealkylation sites (tertiary alicyclic amines) is 1. The van der Waals surface area contributed by atoms with Gasteiger partial charge in [0.15, 0.2) is 11.3 Å². The van der Waals surface area contributed by atoms with Crippen molar-refractivity contribution in [3.8, 4) is 0 Å². The summed E-state index contributed by atoms with van der Waals surface area (Å²) in [6.45, 7) is 4.50. The largest absolute Gasteiger partial charge is 0.378 e. The molecule has 1 unspecified atom stereocenters. The number of anilines is 2. The highest BCUT2D eigenvalue weighted by molar-refractivity contribution is 6.08. The Morgan fingerprint density at radius 1 is 1.09 bits per heavy atom. The molecule has 4 aromatic heterocycles. The van der Waals surface area contributed by atoms with Crippen LogP contribution < -0.4 is 15.5 Å². The monoisotopic (exact) mass is 648 g/mol. The van der Waals surface area contributed by atoms with Crippen LogP contribution in [-0.2, 0) is 20.9 Å². The average Bonchev–Trinajstić information content (AvgIpc) is 3.70. The van der Waals surface area contributed by atoms with Crippen molar-refractivity contribution in [3.05, 3.63) is 65.5 Å². The number of halogens is 2. The van der Waals surface area contributed by atoms with Crippen LogP contribution >= 0.6 is 0 Å². The van der Waals surface area contributed by atoms with E-state index >= 15 is 0 Å². The van der Waals surface area contributed by atoms with Crippen molar-refractivity contribution in [2.45, 2.75) is 50.6 Å². The van der Waals surface area contributed by atoms with E-state index in [0.717, 1.165) is 11.1 Å². The van der Waals surface area contributed by atoms with E-state index in [-0.39, 0.29) is 29.1 Å². The second-order valence-corrected chi connectivity index (χ2v) is 12.0. The van der Waals surface area contributed by atoms with Crippen molar-refractivity contribution in [2.75, 3.05) is 49.6 Å². The van der Waals surface area contributed by atoms with Gasteiger partial charge in [-0.1, -0.05) is 6.07 Å². The fraction of sp³-hybridized carbons (Fsp3) is 0.452. The van der Waals surface area contributed by atoms with Gasteiger partial charge in [0.1, 0.15) is 11.4 Å². The Morgan fingerprint density at radius 3 is 2.66 bits per heavy atom. The van der Waals surface area contributed by atoms with Gasteiger partial charge < -0.3 is 15.0 Å². The first-order valence-corrected chi connectivity index (χ1v) is 15.7. The van der Waals surface area contributed by atoms with Gasteiger partial charge in [-0.15, -0.1) is 0 Å². The molecule has 2 N–H and O–H groups in total. The molecule has 0 spiro atoms. The SMILES string of the molecule is O=C1CCC(c2cncc(CN3CCC(n4cc(NC(=O)c5cnn6ccc(N7CCOCC7)nc56)c(C(F)F)n4)CC3)c2)C(=O)N1. The molecule has 0 saturated carbocycles. The summed E-state index contributed by atoms with van der Waals surface area (Å²) >= 11 is 0. The average molecular weight is 649 g/mol. The molecule has 14 nitrogen and oxygen atoms in total. The fourth-order valence-corrected chi connectivity index (χ4v) is 6.42. The van der Waals surface area contributed by atoms with Crippen molar-refractivity contribution >= 4 is 34.9 Å². The predicted octanol–water partition coefficient (Wildman–Crippen LogP) is 2.70. The number of nitrogens with zero attached hydrogens (tertiary/aromatic N) is 8. The number of carbonyl (C=O) groups is 3. The maximum Gasteiger partial charge on any atom is 0.284 e. The van der Waals surface area contributed by atoms with Crippen molar-refractivity contribution in [1.29, 1.82) is 0 Å². The van der Waals surface area contributed by atoms with Gasteiger partial charge in [0.25, 0.3) is 12.3 Å². The van der Waals surface area contributed by atoms with E-state index in [2.05, 4.69) is 40.6 Å². The lowest BCUT2D eigenvalue weighted by Gasteiger charge is -2.32. The van der Waals surface area contributed by atoms with Crippen molar-refractivity contribution in [3.63, 3.8) is 0 Å². The molecule has 3 aliphatic heterocycles. The van der Waals surface area contributed by atoms with Crippen LogP contribution in [0.4, 0.5) is 20.3 Å². The number of morpholine rings is 1. The van der Waals surface area contributed by atoms with E-state index in [4.69, 9.17) is 4.74 Å². The van der Waals surface area contributed by atoms with Crippen LogP contribution in [0, 0.1) is 0 Å². The highest BCUT2D eigenvalue weighted by atomic mass is 19.3. The van der Waals surface area contributed by atoms with Gasteiger partial charge in [-0.25, -0.2) is 18.3 Å². The lowest BCUT2D eigenvalue weighted by molar-refractivity contribution is -0.134. The molecule has 7 rings (SSSR count). The molecule has 3 amide bonds. The molecule has 47 heavy (non-hydrogen) atoms. The van der Waals surface area contributed by atoms with Gasteiger partial charge in [-0.3, -0.25) is 34.3 Å². The van der Waals surface area contributed by atoms with Gasteiger partial charge in [0.05, 0.1) is 37.1 Å². The van der Waals surface area contributed by atoms with Crippen molar-refractivity contribution in [1.82, 2.24) is 39.6 Å². The number of aromatic nitrogens is 6. The third-order valence-electron chi connectivity index (χ3n) is 8.94. The number of piperidine rings is 2. The smallest absolute Gasteiger partial charge is 0.284 e. The number of amides is 3. The molecule has 0 aromatic carbocycles. The maximum atomic E-state index is 14.1. The van der Waals surface area contributed by atoms with Gasteiger partial charge in [0.2, 0.25) is 11.8 Å². The molecule has 3 aliphatic rings. The minimum Gasteiger partial charge on any atom is -0.378 e. The maximum absolute atomic E-state index is 14.1. The Hall–Kier alpha value is -4.83. The number of alkyl halides is 2. The van der Waals surface area contributed by atoms with Crippen molar-refractivity contribution < 1.29 is 27.9 Å². The minimum absolute atomic E-state index is 0.0487. The number of hydrogen-bond donors (Lipinski definition) is 2. The highest BCUT2D eigenvalue weighted by Gasteiger charge is 2.30. The van der Waals surface area contributed by atoms with Crippen LogP contribution in [0.5, 0.6) is 0 Å². The Labute approximate surface area is 268 Å². The molecule has 0 aliphatic carbocycles. The lowest BCUT2D eigenvalue weighted by Crippen LogP contribution is -2.39. The van der Waals surface area contributed by atoms with Gasteiger partial charge in [0, 0.05) is 63.9 Å². The first-order chi connectivity index (χ1) is 22.8. The van der Waals surface area contributed by atoms with Crippen LogP contribution in [0.1, 0.15) is 71.2 Å². The number of rotatable bonds is 8. The second kappa shape index (κ2) is 13.1. The number of carbonyl (C=O) groups excluding carboxylic acids is 3. The molecule has 246 valence electrons. The number of imide groups is 1. The molecule has 16 heteroatoms. The Kier molecular flexibility index (Phi) is 8.60. The van der Waals surface area contributed by atoms with Crippen LogP contribution in [0.2, 0.25) is 0 Å².